The van der Waals surface area contributed by atoms with Gasteiger partial charge in [0, 0.05) is 11.9 Å². The van der Waals surface area contributed by atoms with Gasteiger partial charge in [-0.25, -0.2) is 0 Å². The van der Waals surface area contributed by atoms with Crippen LogP contribution in [0, 0.1) is 12.3 Å². The predicted octanol–water partition coefficient (Wildman–Crippen LogP) is 1.13. The average Bonchev–Trinajstić information content (AvgIpc) is 2.64. The predicted molar refractivity (Wildman–Crippen MR) is 60.2 cm³/mol. The first kappa shape index (κ1) is 11.2. The highest BCUT2D eigenvalue weighted by Crippen LogP contribution is 2.05. The summed E-state index contributed by atoms with van der Waals surface area (Å²) in [6, 6.07) is 1.36. The molecule has 80 valence electrons. The minimum Gasteiger partial charge on any atom is -0.397 e. The Kier molecular flexibility index (Phi) is 3.81. The van der Waals surface area contributed by atoms with Crippen LogP contribution in [0.15, 0.2) is 12.3 Å². The van der Waals surface area contributed by atoms with Crippen molar-refractivity contribution < 1.29 is 4.79 Å². The van der Waals surface area contributed by atoms with E-state index in [1.165, 1.54) is 0 Å². The lowest BCUT2D eigenvalue weighted by atomic mass is 10.2. The smallest absolute Gasteiger partial charge is 0.268 e. The number of nitrogen functional groups attached to an aromatic ring is 1. The highest BCUT2D eigenvalue weighted by Gasteiger charge is 2.11. The molecule has 0 aromatic carbocycles. The molecule has 4 N–H and O–H groups in total. The number of carbonyl (C=O) groups excluding carboxylic acids is 1. The highest BCUT2D eigenvalue weighted by atomic mass is 16.1. The summed E-state index contributed by atoms with van der Waals surface area (Å²) in [6.45, 7) is 2.02. The molecule has 1 unspecified atom stereocenters. The molecule has 0 bridgehead atoms. The van der Waals surface area contributed by atoms with Gasteiger partial charge < -0.3 is 16.0 Å². The fourth-order valence-corrected chi connectivity index (χ4v) is 1.26. The normalized spacial score (nSPS) is 11.7. The lowest BCUT2D eigenvalue weighted by molar-refractivity contribution is 0.0940. The second-order valence-electron chi connectivity index (χ2n) is 3.33. The number of H-pyrrole nitrogens is 1. The number of hydrogen-bond acceptors (Lipinski definition) is 2. The summed E-state index contributed by atoms with van der Waals surface area (Å²) < 4.78 is 0. The molecular weight excluding hydrogens is 190 g/mol. The number of anilines is 1. The van der Waals surface area contributed by atoms with Crippen molar-refractivity contribution >= 4 is 11.6 Å². The number of hydrogen-bond donors (Lipinski definition) is 3. The standard InChI is InChI=1S/C11H15N3O/c1-3-5-9(4-2)14-11(15)10-6-8(12)7-13-10/h2,6-7,9,13H,3,5,12H2,1H3,(H,14,15). The molecule has 0 aliphatic rings. The van der Waals surface area contributed by atoms with Crippen LogP contribution in [0.25, 0.3) is 0 Å². The van der Waals surface area contributed by atoms with Crippen molar-refractivity contribution in [2.75, 3.05) is 5.73 Å². The van der Waals surface area contributed by atoms with E-state index < -0.39 is 0 Å². The van der Waals surface area contributed by atoms with Crippen LogP contribution in [0.4, 0.5) is 5.69 Å². The third-order valence-electron chi connectivity index (χ3n) is 2.03. The van der Waals surface area contributed by atoms with Gasteiger partial charge in [0.1, 0.15) is 5.69 Å². The van der Waals surface area contributed by atoms with E-state index in [1.807, 2.05) is 6.92 Å². The quantitative estimate of drug-likeness (QED) is 0.645. The van der Waals surface area contributed by atoms with E-state index in [1.54, 1.807) is 12.3 Å². The molecule has 1 aromatic rings. The summed E-state index contributed by atoms with van der Waals surface area (Å²) in [5.41, 5.74) is 6.46. The lowest BCUT2D eigenvalue weighted by Crippen LogP contribution is -2.33. The third-order valence-corrected chi connectivity index (χ3v) is 2.03. The molecule has 0 aliphatic carbocycles. The van der Waals surface area contributed by atoms with Crippen LogP contribution in [0.1, 0.15) is 30.3 Å². The van der Waals surface area contributed by atoms with Gasteiger partial charge in [-0.2, -0.15) is 0 Å². The number of nitrogens with one attached hydrogen (secondary N) is 2. The number of aromatic nitrogens is 1. The Balaban J connectivity index is 2.59. The van der Waals surface area contributed by atoms with Crippen LogP contribution < -0.4 is 11.1 Å². The Morgan fingerprint density at radius 3 is 3.00 bits per heavy atom. The molecule has 0 saturated heterocycles. The molecule has 1 heterocycles. The van der Waals surface area contributed by atoms with Crippen molar-refractivity contribution in [3.63, 3.8) is 0 Å². The second kappa shape index (κ2) is 5.11. The Bertz CT molecular complexity index is 375. The van der Waals surface area contributed by atoms with E-state index in [4.69, 9.17) is 12.2 Å². The van der Waals surface area contributed by atoms with Crippen molar-refractivity contribution in [3.8, 4) is 12.3 Å². The van der Waals surface area contributed by atoms with E-state index in [0.29, 0.717) is 11.4 Å². The maximum absolute atomic E-state index is 11.6. The molecule has 0 saturated carbocycles. The Morgan fingerprint density at radius 2 is 2.53 bits per heavy atom. The summed E-state index contributed by atoms with van der Waals surface area (Å²) in [4.78, 5) is 14.4. The summed E-state index contributed by atoms with van der Waals surface area (Å²) in [5, 5.41) is 2.74. The molecule has 0 fully saturated rings. The maximum atomic E-state index is 11.6. The average molecular weight is 205 g/mol. The first-order valence-corrected chi connectivity index (χ1v) is 4.88. The zero-order valence-corrected chi connectivity index (χ0v) is 8.71. The van der Waals surface area contributed by atoms with Gasteiger partial charge >= 0.3 is 0 Å². The van der Waals surface area contributed by atoms with Crippen molar-refractivity contribution in [2.45, 2.75) is 25.8 Å². The number of amides is 1. The van der Waals surface area contributed by atoms with Crippen LogP contribution in [0.5, 0.6) is 0 Å². The van der Waals surface area contributed by atoms with Gasteiger partial charge in [0.05, 0.1) is 6.04 Å². The fourth-order valence-electron chi connectivity index (χ4n) is 1.26. The van der Waals surface area contributed by atoms with Gasteiger partial charge in [0.15, 0.2) is 0 Å². The number of nitrogens with two attached hydrogens (primary N) is 1. The van der Waals surface area contributed by atoms with Crippen LogP contribution in [0.2, 0.25) is 0 Å². The zero-order valence-electron chi connectivity index (χ0n) is 8.71. The Labute approximate surface area is 89.2 Å². The first-order chi connectivity index (χ1) is 7.17. The Morgan fingerprint density at radius 1 is 1.80 bits per heavy atom. The number of carbonyl (C=O) groups is 1. The molecular formula is C11H15N3O. The summed E-state index contributed by atoms with van der Waals surface area (Å²) in [5.74, 6) is 2.31. The molecule has 1 amide bonds. The van der Waals surface area contributed by atoms with Gasteiger partial charge in [-0.15, -0.1) is 6.42 Å². The minimum atomic E-state index is -0.219. The van der Waals surface area contributed by atoms with Gasteiger partial charge in [0.25, 0.3) is 5.91 Å². The molecule has 4 nitrogen and oxygen atoms in total. The highest BCUT2D eigenvalue weighted by molar-refractivity contribution is 5.93. The third kappa shape index (κ3) is 3.06. The van der Waals surface area contributed by atoms with Crippen molar-refractivity contribution in [1.29, 1.82) is 0 Å². The monoisotopic (exact) mass is 205 g/mol. The van der Waals surface area contributed by atoms with Gasteiger partial charge in [-0.05, 0) is 12.5 Å². The van der Waals surface area contributed by atoms with E-state index in [0.717, 1.165) is 12.8 Å². The van der Waals surface area contributed by atoms with Crippen LogP contribution in [-0.4, -0.2) is 16.9 Å². The van der Waals surface area contributed by atoms with E-state index in [2.05, 4.69) is 16.2 Å². The second-order valence-corrected chi connectivity index (χ2v) is 3.33. The topological polar surface area (TPSA) is 70.9 Å². The van der Waals surface area contributed by atoms with Crippen LogP contribution >= 0.6 is 0 Å². The van der Waals surface area contributed by atoms with Crippen molar-refractivity contribution in [3.05, 3.63) is 18.0 Å². The number of terminal acetylenes is 1. The SMILES string of the molecule is C#CC(CCC)NC(=O)c1cc(N)c[nH]1. The van der Waals surface area contributed by atoms with E-state index in [9.17, 15) is 4.79 Å². The largest absolute Gasteiger partial charge is 0.397 e. The maximum Gasteiger partial charge on any atom is 0.268 e. The van der Waals surface area contributed by atoms with Crippen LogP contribution in [0.3, 0.4) is 0 Å². The molecule has 0 aliphatic heterocycles. The zero-order chi connectivity index (χ0) is 11.3. The number of rotatable bonds is 4. The van der Waals surface area contributed by atoms with Gasteiger partial charge in [-0.3, -0.25) is 4.79 Å². The van der Waals surface area contributed by atoms with E-state index >= 15 is 0 Å². The van der Waals surface area contributed by atoms with Gasteiger partial charge in [-0.1, -0.05) is 19.3 Å². The van der Waals surface area contributed by atoms with Crippen molar-refractivity contribution in [2.24, 2.45) is 0 Å². The molecule has 0 spiro atoms. The Hall–Kier alpha value is -1.89. The molecule has 4 heteroatoms. The molecule has 1 rings (SSSR count). The van der Waals surface area contributed by atoms with E-state index in [-0.39, 0.29) is 11.9 Å². The minimum absolute atomic E-state index is 0.216. The molecule has 15 heavy (non-hydrogen) atoms. The van der Waals surface area contributed by atoms with Crippen LogP contribution in [-0.2, 0) is 0 Å². The lowest BCUT2D eigenvalue weighted by Gasteiger charge is -2.10. The number of aromatic amines is 1. The summed E-state index contributed by atoms with van der Waals surface area (Å²) >= 11 is 0. The fraction of sp³-hybridized carbons (Fsp3) is 0.364. The first-order valence-electron chi connectivity index (χ1n) is 4.88. The summed E-state index contributed by atoms with van der Waals surface area (Å²) in [6.07, 6.45) is 8.57. The van der Waals surface area contributed by atoms with Crippen molar-refractivity contribution in [1.82, 2.24) is 10.3 Å². The molecule has 1 aromatic heterocycles. The molecule has 0 radical (unpaired) electrons. The molecule has 1 atom stereocenters. The summed E-state index contributed by atoms with van der Waals surface area (Å²) in [7, 11) is 0. The van der Waals surface area contributed by atoms with Gasteiger partial charge in [0.2, 0.25) is 0 Å².